The van der Waals surface area contributed by atoms with Gasteiger partial charge in [0, 0.05) is 7.05 Å². The summed E-state index contributed by atoms with van der Waals surface area (Å²) in [6.45, 7) is -3.15. The number of hydrogen-bond acceptors (Lipinski definition) is 6. The fourth-order valence-electron chi connectivity index (χ4n) is 2.72. The smallest absolute Gasteiger partial charge is 0.387 e. The zero-order valence-electron chi connectivity index (χ0n) is 14.9. The lowest BCUT2D eigenvalue weighted by molar-refractivity contribution is -0.0512. The van der Waals surface area contributed by atoms with Gasteiger partial charge in [0.15, 0.2) is 11.5 Å². The second-order valence-electron chi connectivity index (χ2n) is 5.87. The summed E-state index contributed by atoms with van der Waals surface area (Å²) in [5.41, 5.74) is 0.958. The van der Waals surface area contributed by atoms with E-state index in [0.717, 1.165) is 4.90 Å². The highest BCUT2D eigenvalue weighted by atomic mass is 19.3. The lowest BCUT2D eigenvalue weighted by Crippen LogP contribution is -2.24. The second kappa shape index (κ2) is 7.63. The Morgan fingerprint density at radius 2 is 1.75 bits per heavy atom. The van der Waals surface area contributed by atoms with Crippen LogP contribution in [0, 0.1) is 0 Å². The molecular weight excluding hydrogens is 376 g/mol. The van der Waals surface area contributed by atoms with Crippen molar-refractivity contribution in [2.24, 2.45) is 0 Å². The number of hydrogen-bond donors (Lipinski definition) is 0. The number of esters is 1. The van der Waals surface area contributed by atoms with Crippen molar-refractivity contribution >= 4 is 17.8 Å². The number of halogens is 2. The van der Waals surface area contributed by atoms with E-state index in [4.69, 9.17) is 9.47 Å². The fourth-order valence-corrected chi connectivity index (χ4v) is 2.72. The molecular formula is C19H15F2NO6. The molecule has 2 aromatic rings. The van der Waals surface area contributed by atoms with Crippen LogP contribution in [-0.2, 0) is 11.3 Å². The Bertz CT molecular complexity index is 959. The monoisotopic (exact) mass is 391 g/mol. The Labute approximate surface area is 158 Å². The average Bonchev–Trinajstić information content (AvgIpc) is 2.90. The molecule has 0 bridgehead atoms. The van der Waals surface area contributed by atoms with Crippen LogP contribution in [0.2, 0.25) is 0 Å². The number of carbonyl (C=O) groups is 3. The number of amides is 2. The molecule has 0 saturated carbocycles. The molecule has 2 amide bonds. The first kappa shape index (κ1) is 19.3. The topological polar surface area (TPSA) is 82.1 Å². The van der Waals surface area contributed by atoms with Crippen molar-refractivity contribution in [3.8, 4) is 11.5 Å². The minimum atomic E-state index is -2.99. The molecule has 28 heavy (non-hydrogen) atoms. The van der Waals surface area contributed by atoms with Gasteiger partial charge in [-0.2, -0.15) is 8.78 Å². The van der Waals surface area contributed by atoms with E-state index in [2.05, 4.69) is 4.74 Å². The standard InChI is InChI=1S/C19H15F2NO6/c1-22-16(23)12-5-4-11(8-13(12)17(22)24)18(25)27-9-10-3-6-14(28-19(20)21)15(7-10)26-2/h3-8,19H,9H2,1-2H3. The molecule has 1 aliphatic heterocycles. The summed E-state index contributed by atoms with van der Waals surface area (Å²) in [6.07, 6.45) is 0. The van der Waals surface area contributed by atoms with E-state index in [0.29, 0.717) is 5.56 Å². The van der Waals surface area contributed by atoms with E-state index >= 15 is 0 Å². The van der Waals surface area contributed by atoms with E-state index in [1.165, 1.54) is 50.6 Å². The van der Waals surface area contributed by atoms with Gasteiger partial charge < -0.3 is 14.2 Å². The first-order chi connectivity index (χ1) is 13.3. The van der Waals surface area contributed by atoms with Gasteiger partial charge in [0.2, 0.25) is 0 Å². The molecule has 1 aliphatic rings. The Morgan fingerprint density at radius 3 is 2.43 bits per heavy atom. The third kappa shape index (κ3) is 3.64. The molecule has 0 saturated heterocycles. The maximum atomic E-state index is 12.4. The Hall–Kier alpha value is -3.49. The molecule has 0 N–H and O–H groups in total. The normalized spacial score (nSPS) is 13.0. The maximum absolute atomic E-state index is 12.4. The van der Waals surface area contributed by atoms with Gasteiger partial charge in [-0.3, -0.25) is 14.5 Å². The predicted molar refractivity (Wildman–Crippen MR) is 91.6 cm³/mol. The quantitative estimate of drug-likeness (QED) is 0.556. The summed E-state index contributed by atoms with van der Waals surface area (Å²) in [4.78, 5) is 37.1. The van der Waals surface area contributed by atoms with Crippen molar-refractivity contribution < 1.29 is 37.4 Å². The number of rotatable bonds is 6. The minimum absolute atomic E-state index is 0.0681. The SMILES string of the molecule is COc1cc(COC(=O)c2ccc3c(c2)C(=O)N(C)C3=O)ccc1OC(F)F. The molecule has 0 radical (unpaired) electrons. The van der Waals surface area contributed by atoms with Crippen LogP contribution >= 0.6 is 0 Å². The van der Waals surface area contributed by atoms with Gasteiger partial charge in [-0.05, 0) is 35.9 Å². The second-order valence-corrected chi connectivity index (χ2v) is 5.87. The number of alkyl halides is 2. The Kier molecular flexibility index (Phi) is 5.25. The summed E-state index contributed by atoms with van der Waals surface area (Å²) >= 11 is 0. The first-order valence-electron chi connectivity index (χ1n) is 8.07. The highest BCUT2D eigenvalue weighted by Gasteiger charge is 2.33. The van der Waals surface area contributed by atoms with Gasteiger partial charge in [0.05, 0.1) is 23.8 Å². The molecule has 7 nitrogen and oxygen atoms in total. The molecule has 0 atom stereocenters. The molecule has 0 spiro atoms. The Balaban J connectivity index is 1.71. The predicted octanol–water partition coefficient (Wildman–Crippen LogP) is 2.88. The number of carbonyl (C=O) groups excluding carboxylic acids is 3. The van der Waals surface area contributed by atoms with Crippen LogP contribution in [0.3, 0.4) is 0 Å². The molecule has 0 aromatic heterocycles. The molecule has 0 aliphatic carbocycles. The third-order valence-corrected chi connectivity index (χ3v) is 4.14. The molecule has 9 heteroatoms. The van der Waals surface area contributed by atoms with E-state index in [1.54, 1.807) is 0 Å². The van der Waals surface area contributed by atoms with Crippen molar-refractivity contribution in [1.29, 1.82) is 0 Å². The van der Waals surface area contributed by atoms with Crippen LogP contribution in [0.1, 0.15) is 36.6 Å². The van der Waals surface area contributed by atoms with Crippen LogP contribution in [-0.4, -0.2) is 43.5 Å². The lowest BCUT2D eigenvalue weighted by Gasteiger charge is -2.12. The maximum Gasteiger partial charge on any atom is 0.387 e. The van der Waals surface area contributed by atoms with E-state index in [9.17, 15) is 23.2 Å². The van der Waals surface area contributed by atoms with Crippen LogP contribution in [0.5, 0.6) is 11.5 Å². The minimum Gasteiger partial charge on any atom is -0.493 e. The molecule has 0 fully saturated rings. The van der Waals surface area contributed by atoms with Gasteiger partial charge >= 0.3 is 12.6 Å². The highest BCUT2D eigenvalue weighted by molar-refractivity contribution is 6.21. The van der Waals surface area contributed by atoms with Crippen LogP contribution in [0.25, 0.3) is 0 Å². The number of ether oxygens (including phenoxy) is 3. The van der Waals surface area contributed by atoms with Gasteiger partial charge in [0.25, 0.3) is 11.8 Å². The van der Waals surface area contributed by atoms with Crippen molar-refractivity contribution in [3.05, 3.63) is 58.7 Å². The summed E-state index contributed by atoms with van der Waals surface area (Å²) in [6, 6.07) is 8.24. The van der Waals surface area contributed by atoms with Gasteiger partial charge in [-0.1, -0.05) is 6.07 Å². The number of methoxy groups -OCH3 is 1. The van der Waals surface area contributed by atoms with Crippen LogP contribution in [0.4, 0.5) is 8.78 Å². The van der Waals surface area contributed by atoms with E-state index in [1.807, 2.05) is 0 Å². The average molecular weight is 391 g/mol. The molecule has 3 rings (SSSR count). The highest BCUT2D eigenvalue weighted by Crippen LogP contribution is 2.30. The number of nitrogens with zero attached hydrogens (tertiary/aromatic N) is 1. The van der Waals surface area contributed by atoms with E-state index < -0.39 is 24.4 Å². The van der Waals surface area contributed by atoms with Gasteiger partial charge in [0.1, 0.15) is 6.61 Å². The number of benzene rings is 2. The zero-order chi connectivity index (χ0) is 20.4. The van der Waals surface area contributed by atoms with Gasteiger partial charge in [-0.15, -0.1) is 0 Å². The van der Waals surface area contributed by atoms with Crippen LogP contribution < -0.4 is 9.47 Å². The van der Waals surface area contributed by atoms with Crippen LogP contribution in [0.15, 0.2) is 36.4 Å². The summed E-state index contributed by atoms with van der Waals surface area (Å²) in [5.74, 6) is -1.70. The van der Waals surface area contributed by atoms with Crippen molar-refractivity contribution in [2.75, 3.05) is 14.2 Å². The molecule has 2 aromatic carbocycles. The first-order valence-corrected chi connectivity index (χ1v) is 8.07. The molecule has 0 unspecified atom stereocenters. The Morgan fingerprint density at radius 1 is 1.04 bits per heavy atom. The zero-order valence-corrected chi connectivity index (χ0v) is 14.9. The molecule has 146 valence electrons. The van der Waals surface area contributed by atoms with Crippen molar-refractivity contribution in [1.82, 2.24) is 4.90 Å². The van der Waals surface area contributed by atoms with E-state index in [-0.39, 0.29) is 34.8 Å². The summed E-state index contributed by atoms with van der Waals surface area (Å²) in [5, 5.41) is 0. The number of imide groups is 1. The van der Waals surface area contributed by atoms with Crippen molar-refractivity contribution in [3.63, 3.8) is 0 Å². The molecule has 1 heterocycles. The summed E-state index contributed by atoms with van der Waals surface area (Å²) < 4.78 is 39.2. The fraction of sp³-hybridized carbons (Fsp3) is 0.211. The van der Waals surface area contributed by atoms with Crippen molar-refractivity contribution in [2.45, 2.75) is 13.2 Å². The summed E-state index contributed by atoms with van der Waals surface area (Å²) in [7, 11) is 2.65. The third-order valence-electron chi connectivity index (χ3n) is 4.14. The largest absolute Gasteiger partial charge is 0.493 e. The lowest BCUT2D eigenvalue weighted by atomic mass is 10.1. The van der Waals surface area contributed by atoms with Gasteiger partial charge in [-0.25, -0.2) is 4.79 Å². The number of fused-ring (bicyclic) bond motifs is 1.